The Hall–Kier alpha value is -2.06. The van der Waals surface area contributed by atoms with Gasteiger partial charge < -0.3 is 9.84 Å². The molecule has 0 spiro atoms. The second kappa shape index (κ2) is 6.76. The van der Waals surface area contributed by atoms with Gasteiger partial charge in [0.2, 0.25) is 0 Å². The first-order valence-corrected chi connectivity index (χ1v) is 6.35. The molecule has 0 radical (unpaired) electrons. The molecule has 0 fully saturated rings. The van der Waals surface area contributed by atoms with Gasteiger partial charge in [0.15, 0.2) is 0 Å². The molecule has 0 aliphatic rings. The van der Waals surface area contributed by atoms with Crippen LogP contribution >= 0.6 is 0 Å². The Labute approximate surface area is 114 Å². The van der Waals surface area contributed by atoms with Crippen molar-refractivity contribution in [2.24, 2.45) is 0 Å². The summed E-state index contributed by atoms with van der Waals surface area (Å²) in [6.07, 6.45) is 1.79. The van der Waals surface area contributed by atoms with Crippen molar-refractivity contribution in [3.05, 3.63) is 78.4 Å². The zero-order chi connectivity index (χ0) is 13.5. The lowest BCUT2D eigenvalue weighted by Gasteiger charge is -2.10. The van der Waals surface area contributed by atoms with Crippen LogP contribution in [0.4, 0.5) is 0 Å². The van der Waals surface area contributed by atoms with E-state index in [1.54, 1.807) is 6.08 Å². The molecule has 0 heterocycles. The van der Waals surface area contributed by atoms with Crippen molar-refractivity contribution >= 4 is 0 Å². The lowest BCUT2D eigenvalue weighted by Crippen LogP contribution is -1.97. The number of ether oxygens (including phenoxy) is 1. The fraction of sp³-hybridized carbons (Fsp3) is 0.176. The summed E-state index contributed by atoms with van der Waals surface area (Å²) in [5.74, 6) is 0.804. The van der Waals surface area contributed by atoms with Gasteiger partial charge in [0.05, 0.1) is 6.10 Å². The third-order valence-electron chi connectivity index (χ3n) is 2.90. The van der Waals surface area contributed by atoms with Crippen LogP contribution in [0, 0.1) is 0 Å². The molecule has 0 aliphatic carbocycles. The average molecular weight is 254 g/mol. The van der Waals surface area contributed by atoms with E-state index < -0.39 is 6.10 Å². The number of aliphatic hydroxyl groups excluding tert-OH is 1. The second-order valence-corrected chi connectivity index (χ2v) is 4.38. The van der Waals surface area contributed by atoms with Crippen LogP contribution in [0.3, 0.4) is 0 Å². The molecule has 2 heteroatoms. The summed E-state index contributed by atoms with van der Waals surface area (Å²) in [4.78, 5) is 0. The third kappa shape index (κ3) is 3.97. The maximum absolute atomic E-state index is 9.81. The lowest BCUT2D eigenvalue weighted by molar-refractivity contribution is 0.181. The van der Waals surface area contributed by atoms with E-state index in [2.05, 4.69) is 6.58 Å². The minimum absolute atomic E-state index is 0.485. The molecule has 2 aromatic rings. The van der Waals surface area contributed by atoms with E-state index in [0.717, 1.165) is 16.9 Å². The first-order valence-electron chi connectivity index (χ1n) is 6.35. The van der Waals surface area contributed by atoms with Gasteiger partial charge in [-0.15, -0.1) is 6.58 Å². The predicted molar refractivity (Wildman–Crippen MR) is 77.0 cm³/mol. The fourth-order valence-corrected chi connectivity index (χ4v) is 1.82. The van der Waals surface area contributed by atoms with Gasteiger partial charge in [0.1, 0.15) is 12.4 Å². The SMILES string of the molecule is C=CCC(O)c1ccc(OCc2ccccc2)cc1. The Kier molecular flexibility index (Phi) is 4.76. The highest BCUT2D eigenvalue weighted by molar-refractivity contribution is 5.29. The smallest absolute Gasteiger partial charge is 0.119 e. The minimum Gasteiger partial charge on any atom is -0.489 e. The summed E-state index contributed by atoms with van der Waals surface area (Å²) in [5.41, 5.74) is 2.02. The lowest BCUT2D eigenvalue weighted by atomic mass is 10.1. The third-order valence-corrected chi connectivity index (χ3v) is 2.90. The van der Waals surface area contributed by atoms with Crippen LogP contribution in [0.1, 0.15) is 23.7 Å². The van der Waals surface area contributed by atoms with Gasteiger partial charge in [0.25, 0.3) is 0 Å². The van der Waals surface area contributed by atoms with E-state index in [1.165, 1.54) is 0 Å². The first-order chi connectivity index (χ1) is 9.29. The molecule has 0 saturated heterocycles. The Morgan fingerprint density at radius 1 is 1.05 bits per heavy atom. The number of rotatable bonds is 6. The van der Waals surface area contributed by atoms with Crippen LogP contribution in [0.2, 0.25) is 0 Å². The second-order valence-electron chi connectivity index (χ2n) is 4.38. The standard InChI is InChI=1S/C17H18O2/c1-2-6-17(18)15-9-11-16(12-10-15)19-13-14-7-4-3-5-8-14/h2-5,7-12,17-18H,1,6,13H2. The largest absolute Gasteiger partial charge is 0.489 e. The summed E-state index contributed by atoms with van der Waals surface area (Å²) in [7, 11) is 0. The van der Waals surface area contributed by atoms with Crippen molar-refractivity contribution in [1.29, 1.82) is 0 Å². The zero-order valence-electron chi connectivity index (χ0n) is 10.8. The van der Waals surface area contributed by atoms with Crippen LogP contribution in [-0.4, -0.2) is 5.11 Å². The highest BCUT2D eigenvalue weighted by Gasteiger charge is 2.05. The molecule has 1 unspecified atom stereocenters. The van der Waals surface area contributed by atoms with Crippen molar-refractivity contribution in [3.63, 3.8) is 0 Å². The van der Waals surface area contributed by atoms with Crippen molar-refractivity contribution in [1.82, 2.24) is 0 Å². The molecule has 0 aromatic heterocycles. The van der Waals surface area contributed by atoms with Gasteiger partial charge >= 0.3 is 0 Å². The highest BCUT2D eigenvalue weighted by Crippen LogP contribution is 2.20. The normalized spacial score (nSPS) is 11.8. The molecule has 0 bridgehead atoms. The van der Waals surface area contributed by atoms with Crippen LogP contribution < -0.4 is 4.74 Å². The highest BCUT2D eigenvalue weighted by atomic mass is 16.5. The maximum atomic E-state index is 9.81. The van der Waals surface area contributed by atoms with Gasteiger partial charge in [-0.3, -0.25) is 0 Å². The summed E-state index contributed by atoms with van der Waals surface area (Å²) in [6, 6.07) is 17.6. The maximum Gasteiger partial charge on any atom is 0.119 e. The van der Waals surface area contributed by atoms with Crippen molar-refractivity contribution in [3.8, 4) is 5.75 Å². The van der Waals surface area contributed by atoms with E-state index in [1.807, 2.05) is 54.6 Å². The van der Waals surface area contributed by atoms with Crippen molar-refractivity contribution in [2.75, 3.05) is 0 Å². The monoisotopic (exact) mass is 254 g/mol. The molecule has 1 atom stereocenters. The van der Waals surface area contributed by atoms with Gasteiger partial charge in [0, 0.05) is 0 Å². The molecular formula is C17H18O2. The van der Waals surface area contributed by atoms with Crippen LogP contribution in [0.15, 0.2) is 67.3 Å². The number of aliphatic hydroxyl groups is 1. The molecule has 2 aromatic carbocycles. The number of hydrogen-bond acceptors (Lipinski definition) is 2. The van der Waals surface area contributed by atoms with E-state index >= 15 is 0 Å². The van der Waals surface area contributed by atoms with Crippen LogP contribution in [0.5, 0.6) is 5.75 Å². The molecule has 0 aliphatic heterocycles. The summed E-state index contributed by atoms with van der Waals surface area (Å²) in [5, 5.41) is 9.81. The molecule has 1 N–H and O–H groups in total. The number of hydrogen-bond donors (Lipinski definition) is 1. The Bertz CT molecular complexity index is 503. The Morgan fingerprint density at radius 3 is 2.37 bits per heavy atom. The first kappa shape index (κ1) is 13.4. The average Bonchev–Trinajstić information content (AvgIpc) is 2.47. The van der Waals surface area contributed by atoms with Gasteiger partial charge in [-0.25, -0.2) is 0 Å². The Balaban J connectivity index is 1.93. The molecular weight excluding hydrogens is 236 g/mol. The molecule has 98 valence electrons. The van der Waals surface area contributed by atoms with E-state index in [9.17, 15) is 5.11 Å². The van der Waals surface area contributed by atoms with Crippen molar-refractivity contribution in [2.45, 2.75) is 19.1 Å². The van der Waals surface area contributed by atoms with Gasteiger partial charge in [-0.05, 0) is 29.7 Å². The topological polar surface area (TPSA) is 29.5 Å². The van der Waals surface area contributed by atoms with E-state index in [-0.39, 0.29) is 0 Å². The Morgan fingerprint density at radius 2 is 1.74 bits per heavy atom. The van der Waals surface area contributed by atoms with Crippen LogP contribution in [0.25, 0.3) is 0 Å². The van der Waals surface area contributed by atoms with Gasteiger partial charge in [-0.1, -0.05) is 48.5 Å². The minimum atomic E-state index is -0.485. The van der Waals surface area contributed by atoms with E-state index in [0.29, 0.717) is 13.0 Å². The van der Waals surface area contributed by atoms with E-state index in [4.69, 9.17) is 4.74 Å². The summed E-state index contributed by atoms with van der Waals surface area (Å²) < 4.78 is 5.68. The van der Waals surface area contributed by atoms with Crippen molar-refractivity contribution < 1.29 is 9.84 Å². The zero-order valence-corrected chi connectivity index (χ0v) is 10.8. The quantitative estimate of drug-likeness (QED) is 0.793. The van der Waals surface area contributed by atoms with Crippen LogP contribution in [-0.2, 0) is 6.61 Å². The molecule has 0 amide bonds. The fourth-order valence-electron chi connectivity index (χ4n) is 1.82. The molecule has 2 rings (SSSR count). The summed E-state index contributed by atoms with van der Waals surface area (Å²) >= 11 is 0. The van der Waals surface area contributed by atoms with Gasteiger partial charge in [-0.2, -0.15) is 0 Å². The number of benzene rings is 2. The predicted octanol–water partition coefficient (Wildman–Crippen LogP) is 3.88. The summed E-state index contributed by atoms with van der Waals surface area (Å²) in [6.45, 7) is 4.17. The molecule has 2 nitrogen and oxygen atoms in total. The molecule has 19 heavy (non-hydrogen) atoms. The molecule has 0 saturated carbocycles.